The Labute approximate surface area is 119 Å². The summed E-state index contributed by atoms with van der Waals surface area (Å²) in [4.78, 5) is 11.0. The molecule has 0 radical (unpaired) electrons. The molecule has 0 aliphatic heterocycles. The lowest BCUT2D eigenvalue weighted by molar-refractivity contribution is -0.140. The van der Waals surface area contributed by atoms with E-state index in [1.807, 2.05) is 13.8 Å². The van der Waals surface area contributed by atoms with Crippen molar-refractivity contribution in [1.82, 2.24) is 5.32 Å². The van der Waals surface area contributed by atoms with Gasteiger partial charge in [-0.2, -0.15) is 0 Å². The third-order valence-electron chi connectivity index (χ3n) is 3.58. The van der Waals surface area contributed by atoms with Gasteiger partial charge < -0.3 is 10.4 Å². The molecule has 0 rings (SSSR count). The predicted molar refractivity (Wildman–Crippen MR) is 81.5 cm³/mol. The van der Waals surface area contributed by atoms with E-state index in [1.54, 1.807) is 0 Å². The summed E-state index contributed by atoms with van der Waals surface area (Å²) in [6.45, 7) is 6.96. The van der Waals surface area contributed by atoms with Gasteiger partial charge in [-0.15, -0.1) is 0 Å². The first-order valence-corrected chi connectivity index (χ1v) is 8.05. The standard InChI is InChI=1S/C16H33NO2/c1-4-5-6-7-8-9-10-11-12-13-17-15(14(2)3)16(18)19/h14-15,17H,4-13H2,1-3H3,(H,18,19)/t15-/m0/s1. The Balaban J connectivity index is 3.32. The monoisotopic (exact) mass is 271 g/mol. The van der Waals surface area contributed by atoms with Crippen molar-refractivity contribution in [2.45, 2.75) is 84.6 Å². The van der Waals surface area contributed by atoms with E-state index in [4.69, 9.17) is 5.11 Å². The van der Waals surface area contributed by atoms with Gasteiger partial charge in [0.2, 0.25) is 0 Å². The van der Waals surface area contributed by atoms with E-state index in [2.05, 4.69) is 12.2 Å². The maximum atomic E-state index is 11.0. The highest BCUT2D eigenvalue weighted by Gasteiger charge is 2.19. The molecule has 0 aromatic carbocycles. The van der Waals surface area contributed by atoms with Crippen molar-refractivity contribution >= 4 is 5.97 Å². The van der Waals surface area contributed by atoms with E-state index in [1.165, 1.54) is 51.4 Å². The number of carboxylic acid groups (broad SMARTS) is 1. The van der Waals surface area contributed by atoms with Gasteiger partial charge in [0.25, 0.3) is 0 Å². The molecule has 0 aromatic rings. The van der Waals surface area contributed by atoms with Crippen molar-refractivity contribution < 1.29 is 9.90 Å². The van der Waals surface area contributed by atoms with Gasteiger partial charge in [0, 0.05) is 0 Å². The molecule has 0 aliphatic rings. The van der Waals surface area contributed by atoms with E-state index in [9.17, 15) is 4.79 Å². The average molecular weight is 271 g/mol. The van der Waals surface area contributed by atoms with Crippen molar-refractivity contribution in [3.05, 3.63) is 0 Å². The molecule has 0 amide bonds. The van der Waals surface area contributed by atoms with Crippen LogP contribution in [0.3, 0.4) is 0 Å². The van der Waals surface area contributed by atoms with Gasteiger partial charge in [-0.25, -0.2) is 0 Å². The van der Waals surface area contributed by atoms with Crippen LogP contribution in [0.15, 0.2) is 0 Å². The molecule has 0 spiro atoms. The summed E-state index contributed by atoms with van der Waals surface area (Å²) in [7, 11) is 0. The Morgan fingerprint density at radius 2 is 1.42 bits per heavy atom. The molecule has 2 N–H and O–H groups in total. The molecule has 0 aromatic heterocycles. The SMILES string of the molecule is CCCCCCCCCCCN[C@H](C(=O)O)C(C)C. The first-order chi connectivity index (χ1) is 9.09. The Morgan fingerprint density at radius 1 is 0.947 bits per heavy atom. The average Bonchev–Trinajstić information content (AvgIpc) is 2.35. The molecule has 0 aliphatic carbocycles. The summed E-state index contributed by atoms with van der Waals surface area (Å²) in [6.07, 6.45) is 11.7. The molecule has 114 valence electrons. The van der Waals surface area contributed by atoms with Crippen molar-refractivity contribution in [2.24, 2.45) is 5.92 Å². The maximum Gasteiger partial charge on any atom is 0.320 e. The van der Waals surface area contributed by atoms with Gasteiger partial charge in [-0.05, 0) is 18.9 Å². The second-order valence-electron chi connectivity index (χ2n) is 5.84. The molecule has 0 heterocycles. The molecule has 0 fully saturated rings. The van der Waals surface area contributed by atoms with Gasteiger partial charge in [0.05, 0.1) is 0 Å². The summed E-state index contributed by atoms with van der Waals surface area (Å²) in [6, 6.07) is -0.394. The molecule has 3 heteroatoms. The minimum Gasteiger partial charge on any atom is -0.480 e. The first kappa shape index (κ1) is 18.4. The van der Waals surface area contributed by atoms with Crippen LogP contribution < -0.4 is 5.32 Å². The Hall–Kier alpha value is -0.570. The van der Waals surface area contributed by atoms with E-state index in [0.717, 1.165) is 13.0 Å². The highest BCUT2D eigenvalue weighted by molar-refractivity contribution is 5.73. The van der Waals surface area contributed by atoms with Crippen LogP contribution in [-0.2, 0) is 4.79 Å². The third kappa shape index (κ3) is 11.0. The van der Waals surface area contributed by atoms with Gasteiger partial charge in [-0.3, -0.25) is 4.79 Å². The van der Waals surface area contributed by atoms with Crippen LogP contribution in [0.5, 0.6) is 0 Å². The van der Waals surface area contributed by atoms with Gasteiger partial charge in [0.1, 0.15) is 6.04 Å². The van der Waals surface area contributed by atoms with Crippen LogP contribution in [0.25, 0.3) is 0 Å². The summed E-state index contributed by atoms with van der Waals surface area (Å²) in [5, 5.41) is 12.2. The largest absolute Gasteiger partial charge is 0.480 e. The van der Waals surface area contributed by atoms with Crippen molar-refractivity contribution in [2.75, 3.05) is 6.54 Å². The minimum atomic E-state index is -0.731. The summed E-state index contributed by atoms with van der Waals surface area (Å²) in [5.74, 6) is -0.581. The molecule has 0 bridgehead atoms. The normalized spacial score (nSPS) is 12.8. The fraction of sp³-hybridized carbons (Fsp3) is 0.938. The second kappa shape index (κ2) is 12.5. The van der Waals surface area contributed by atoms with Crippen molar-refractivity contribution in [1.29, 1.82) is 0 Å². The zero-order valence-corrected chi connectivity index (χ0v) is 13.1. The highest BCUT2D eigenvalue weighted by Crippen LogP contribution is 2.09. The van der Waals surface area contributed by atoms with Gasteiger partial charge in [-0.1, -0.05) is 72.1 Å². The highest BCUT2D eigenvalue weighted by atomic mass is 16.4. The fourth-order valence-corrected chi connectivity index (χ4v) is 2.30. The van der Waals surface area contributed by atoms with Crippen LogP contribution >= 0.6 is 0 Å². The lowest BCUT2D eigenvalue weighted by Crippen LogP contribution is -2.41. The fourth-order valence-electron chi connectivity index (χ4n) is 2.30. The summed E-state index contributed by atoms with van der Waals surface area (Å²) in [5.41, 5.74) is 0. The number of rotatable bonds is 13. The van der Waals surface area contributed by atoms with E-state index < -0.39 is 12.0 Å². The zero-order chi connectivity index (χ0) is 14.5. The Bertz CT molecular complexity index is 217. The molecule has 0 saturated carbocycles. The van der Waals surface area contributed by atoms with Crippen LogP contribution in [0, 0.1) is 5.92 Å². The number of aliphatic carboxylic acids is 1. The number of carbonyl (C=O) groups is 1. The number of nitrogens with one attached hydrogen (secondary N) is 1. The minimum absolute atomic E-state index is 0.149. The quantitative estimate of drug-likeness (QED) is 0.493. The number of hydrogen-bond acceptors (Lipinski definition) is 2. The topological polar surface area (TPSA) is 49.3 Å². The third-order valence-corrected chi connectivity index (χ3v) is 3.58. The zero-order valence-electron chi connectivity index (χ0n) is 13.1. The van der Waals surface area contributed by atoms with E-state index >= 15 is 0 Å². The number of unbranched alkanes of at least 4 members (excludes halogenated alkanes) is 8. The molecular formula is C16H33NO2. The van der Waals surface area contributed by atoms with Crippen LogP contribution in [-0.4, -0.2) is 23.7 Å². The van der Waals surface area contributed by atoms with Crippen LogP contribution in [0.4, 0.5) is 0 Å². The molecular weight excluding hydrogens is 238 g/mol. The molecule has 3 nitrogen and oxygen atoms in total. The lowest BCUT2D eigenvalue weighted by Gasteiger charge is -2.17. The smallest absolute Gasteiger partial charge is 0.320 e. The molecule has 1 atom stereocenters. The second-order valence-corrected chi connectivity index (χ2v) is 5.84. The van der Waals surface area contributed by atoms with Crippen molar-refractivity contribution in [3.8, 4) is 0 Å². The Kier molecular flexibility index (Phi) is 12.1. The van der Waals surface area contributed by atoms with E-state index in [0.29, 0.717) is 0 Å². The maximum absolute atomic E-state index is 11.0. The molecule has 0 unspecified atom stereocenters. The molecule has 0 saturated heterocycles. The van der Waals surface area contributed by atoms with Crippen LogP contribution in [0.2, 0.25) is 0 Å². The van der Waals surface area contributed by atoms with Crippen LogP contribution in [0.1, 0.15) is 78.6 Å². The first-order valence-electron chi connectivity index (χ1n) is 8.05. The van der Waals surface area contributed by atoms with Gasteiger partial charge >= 0.3 is 5.97 Å². The van der Waals surface area contributed by atoms with Crippen molar-refractivity contribution in [3.63, 3.8) is 0 Å². The molecule has 19 heavy (non-hydrogen) atoms. The summed E-state index contributed by atoms with van der Waals surface area (Å²) < 4.78 is 0. The Morgan fingerprint density at radius 3 is 1.84 bits per heavy atom. The lowest BCUT2D eigenvalue weighted by atomic mass is 10.0. The van der Waals surface area contributed by atoms with Gasteiger partial charge in [0.15, 0.2) is 0 Å². The number of carboxylic acids is 1. The predicted octanol–water partition coefficient (Wildman–Crippen LogP) is 4.22. The summed E-state index contributed by atoms with van der Waals surface area (Å²) >= 11 is 0. The van der Waals surface area contributed by atoms with E-state index in [-0.39, 0.29) is 5.92 Å². The number of hydrogen-bond donors (Lipinski definition) is 2.